The van der Waals surface area contributed by atoms with Crippen molar-refractivity contribution in [3.8, 4) is 17.6 Å². The number of hydrogen-bond donors (Lipinski definition) is 0. The third-order valence-electron chi connectivity index (χ3n) is 1.86. The molecule has 0 saturated heterocycles. The number of halogens is 1. The highest BCUT2D eigenvalue weighted by molar-refractivity contribution is 6.32. The summed E-state index contributed by atoms with van der Waals surface area (Å²) in [5, 5.41) is 8.88. The van der Waals surface area contributed by atoms with Gasteiger partial charge in [0, 0.05) is 5.56 Å². The van der Waals surface area contributed by atoms with Crippen molar-refractivity contribution in [3.05, 3.63) is 22.7 Å². The van der Waals surface area contributed by atoms with Gasteiger partial charge in [0.25, 0.3) is 0 Å². The van der Waals surface area contributed by atoms with Crippen molar-refractivity contribution in [2.24, 2.45) is 0 Å². The minimum Gasteiger partial charge on any atom is -0.493 e. The summed E-state index contributed by atoms with van der Waals surface area (Å²) >= 11 is 5.92. The van der Waals surface area contributed by atoms with E-state index in [1.807, 2.05) is 6.07 Å². The van der Waals surface area contributed by atoms with Gasteiger partial charge in [-0.2, -0.15) is 5.26 Å². The lowest BCUT2D eigenvalue weighted by molar-refractivity contribution is 0.112. The van der Waals surface area contributed by atoms with Gasteiger partial charge in [-0.05, 0) is 19.1 Å². The average Bonchev–Trinajstić information content (AvgIpc) is 2.30. The molecule has 0 saturated carbocycles. The molecule has 0 spiro atoms. The zero-order valence-electron chi connectivity index (χ0n) is 8.86. The predicted molar refractivity (Wildman–Crippen MR) is 59.1 cm³/mol. The van der Waals surface area contributed by atoms with Crippen LogP contribution in [0.25, 0.3) is 0 Å². The van der Waals surface area contributed by atoms with Crippen molar-refractivity contribution < 1.29 is 14.3 Å². The van der Waals surface area contributed by atoms with E-state index in [2.05, 4.69) is 0 Å². The second-order valence-electron chi connectivity index (χ2n) is 3.04. The van der Waals surface area contributed by atoms with Gasteiger partial charge in [0.15, 0.2) is 17.6 Å². The first kappa shape index (κ1) is 12.3. The van der Waals surface area contributed by atoms with Crippen LogP contribution in [0, 0.1) is 11.3 Å². The van der Waals surface area contributed by atoms with Gasteiger partial charge in [-0.3, -0.25) is 4.79 Å². The molecule has 1 atom stereocenters. The Morgan fingerprint density at radius 1 is 1.56 bits per heavy atom. The molecule has 0 aromatic heterocycles. The molecule has 1 aromatic carbocycles. The van der Waals surface area contributed by atoms with Crippen LogP contribution >= 0.6 is 11.6 Å². The Bertz CT molecular complexity index is 440. The van der Waals surface area contributed by atoms with Crippen LogP contribution in [-0.4, -0.2) is 19.5 Å². The van der Waals surface area contributed by atoms with Crippen molar-refractivity contribution in [2.45, 2.75) is 13.0 Å². The first-order chi connectivity index (χ1) is 7.62. The van der Waals surface area contributed by atoms with E-state index < -0.39 is 6.10 Å². The van der Waals surface area contributed by atoms with Crippen LogP contribution in [-0.2, 0) is 0 Å². The Morgan fingerprint density at radius 2 is 2.25 bits per heavy atom. The van der Waals surface area contributed by atoms with Gasteiger partial charge >= 0.3 is 0 Å². The van der Waals surface area contributed by atoms with Gasteiger partial charge in [-0.15, -0.1) is 0 Å². The Kier molecular flexibility index (Phi) is 4.15. The maximum atomic E-state index is 10.6. The molecule has 0 aliphatic carbocycles. The molecule has 16 heavy (non-hydrogen) atoms. The quantitative estimate of drug-likeness (QED) is 0.758. The number of rotatable bonds is 4. The van der Waals surface area contributed by atoms with E-state index in [0.29, 0.717) is 17.6 Å². The highest BCUT2D eigenvalue weighted by atomic mass is 35.5. The van der Waals surface area contributed by atoms with Crippen molar-refractivity contribution in [1.82, 2.24) is 0 Å². The van der Waals surface area contributed by atoms with Crippen LogP contribution in [0.3, 0.4) is 0 Å². The fourth-order valence-corrected chi connectivity index (χ4v) is 1.39. The summed E-state index contributed by atoms with van der Waals surface area (Å²) < 4.78 is 10.3. The molecular formula is C11H10ClNO3. The number of methoxy groups -OCH3 is 1. The number of carbonyl (C=O) groups is 1. The van der Waals surface area contributed by atoms with Gasteiger partial charge in [-0.1, -0.05) is 11.6 Å². The molecule has 84 valence electrons. The van der Waals surface area contributed by atoms with E-state index in [-0.39, 0.29) is 10.8 Å². The molecule has 1 aromatic rings. The zero-order valence-corrected chi connectivity index (χ0v) is 9.62. The molecule has 0 amide bonds. The van der Waals surface area contributed by atoms with Crippen LogP contribution in [0.1, 0.15) is 17.3 Å². The molecule has 0 N–H and O–H groups in total. The van der Waals surface area contributed by atoms with E-state index in [1.165, 1.54) is 19.2 Å². The molecule has 0 aliphatic heterocycles. The topological polar surface area (TPSA) is 59.3 Å². The van der Waals surface area contributed by atoms with Crippen LogP contribution < -0.4 is 9.47 Å². The van der Waals surface area contributed by atoms with Gasteiger partial charge in [0.1, 0.15) is 12.4 Å². The summed E-state index contributed by atoms with van der Waals surface area (Å²) in [5.41, 5.74) is 0.388. The summed E-state index contributed by atoms with van der Waals surface area (Å²) in [5.74, 6) is 0.598. The molecule has 0 heterocycles. The van der Waals surface area contributed by atoms with Crippen LogP contribution in [0.5, 0.6) is 11.5 Å². The second-order valence-corrected chi connectivity index (χ2v) is 3.45. The normalized spacial score (nSPS) is 11.4. The predicted octanol–water partition coefficient (Wildman–Crippen LogP) is 2.45. The number of aldehydes is 1. The summed E-state index contributed by atoms with van der Waals surface area (Å²) in [6.07, 6.45) is 0.0137. The van der Waals surface area contributed by atoms with Crippen molar-refractivity contribution in [1.29, 1.82) is 5.26 Å². The molecule has 1 unspecified atom stereocenters. The Morgan fingerprint density at radius 3 is 2.75 bits per heavy atom. The minimum absolute atomic E-state index is 0.239. The van der Waals surface area contributed by atoms with E-state index in [4.69, 9.17) is 26.3 Å². The minimum atomic E-state index is -0.645. The van der Waals surface area contributed by atoms with Crippen LogP contribution in [0.15, 0.2) is 12.1 Å². The lowest BCUT2D eigenvalue weighted by Gasteiger charge is -2.13. The molecule has 0 aliphatic rings. The average molecular weight is 240 g/mol. The largest absolute Gasteiger partial charge is 0.493 e. The number of benzene rings is 1. The Balaban J connectivity index is 3.17. The lowest BCUT2D eigenvalue weighted by Crippen LogP contribution is -2.09. The molecule has 1 rings (SSSR count). The van der Waals surface area contributed by atoms with Gasteiger partial charge < -0.3 is 9.47 Å². The molecule has 0 bridgehead atoms. The SMILES string of the molecule is COc1cc(C=O)cc(Cl)c1OC(C)C#N. The van der Waals surface area contributed by atoms with Crippen LogP contribution in [0.4, 0.5) is 0 Å². The second kappa shape index (κ2) is 5.38. The summed E-state index contributed by atoms with van der Waals surface area (Å²) in [7, 11) is 1.43. The molecule has 4 nitrogen and oxygen atoms in total. The van der Waals surface area contributed by atoms with Crippen molar-refractivity contribution >= 4 is 17.9 Å². The van der Waals surface area contributed by atoms with Crippen molar-refractivity contribution in [2.75, 3.05) is 7.11 Å². The number of nitriles is 1. The van der Waals surface area contributed by atoms with Gasteiger partial charge in [0.2, 0.25) is 0 Å². The first-order valence-electron chi connectivity index (χ1n) is 4.51. The molecular weight excluding hydrogens is 230 g/mol. The van der Waals surface area contributed by atoms with E-state index in [0.717, 1.165) is 0 Å². The molecule has 0 fully saturated rings. The Labute approximate surface area is 98.3 Å². The number of ether oxygens (including phenoxy) is 2. The number of nitrogens with zero attached hydrogens (tertiary/aromatic N) is 1. The maximum Gasteiger partial charge on any atom is 0.182 e. The summed E-state index contributed by atoms with van der Waals surface area (Å²) in [6.45, 7) is 1.59. The van der Waals surface area contributed by atoms with E-state index >= 15 is 0 Å². The summed E-state index contributed by atoms with van der Waals surface area (Å²) in [4.78, 5) is 10.6. The fraction of sp³-hybridized carbons (Fsp3) is 0.273. The monoisotopic (exact) mass is 239 g/mol. The fourth-order valence-electron chi connectivity index (χ4n) is 1.13. The number of hydrogen-bond acceptors (Lipinski definition) is 4. The zero-order chi connectivity index (χ0) is 12.1. The molecule has 5 heteroatoms. The standard InChI is InChI=1S/C11H10ClNO3/c1-7(5-13)16-11-9(12)3-8(6-14)4-10(11)15-2/h3-4,6-7H,1-2H3. The summed E-state index contributed by atoms with van der Waals surface area (Å²) in [6, 6.07) is 4.87. The van der Waals surface area contributed by atoms with E-state index in [9.17, 15) is 4.79 Å². The maximum absolute atomic E-state index is 10.6. The van der Waals surface area contributed by atoms with Gasteiger partial charge in [0.05, 0.1) is 12.1 Å². The lowest BCUT2D eigenvalue weighted by atomic mass is 10.2. The highest BCUT2D eigenvalue weighted by Gasteiger charge is 2.14. The van der Waals surface area contributed by atoms with E-state index in [1.54, 1.807) is 6.92 Å². The number of carbonyl (C=O) groups excluding carboxylic acids is 1. The smallest absolute Gasteiger partial charge is 0.182 e. The Hall–Kier alpha value is -1.73. The van der Waals surface area contributed by atoms with Crippen molar-refractivity contribution in [3.63, 3.8) is 0 Å². The molecule has 0 radical (unpaired) electrons. The highest BCUT2D eigenvalue weighted by Crippen LogP contribution is 2.36. The van der Waals surface area contributed by atoms with Gasteiger partial charge in [-0.25, -0.2) is 0 Å². The third kappa shape index (κ3) is 2.65. The first-order valence-corrected chi connectivity index (χ1v) is 4.89. The third-order valence-corrected chi connectivity index (χ3v) is 2.15. The van der Waals surface area contributed by atoms with Crippen LogP contribution in [0.2, 0.25) is 5.02 Å².